The molecule has 0 bridgehead atoms. The molecular formula is C18H22O2. The zero-order valence-corrected chi connectivity index (χ0v) is 12.6. The highest BCUT2D eigenvalue weighted by Crippen LogP contribution is 2.28. The Balaban J connectivity index is 3.08. The zero-order chi connectivity index (χ0) is 15.2. The number of esters is 1. The second-order valence-electron chi connectivity index (χ2n) is 5.73. The molecule has 0 aliphatic carbocycles. The minimum Gasteiger partial charge on any atom is -0.462 e. The first-order valence-corrected chi connectivity index (χ1v) is 6.79. The number of rotatable bonds is 5. The minimum atomic E-state index is -0.663. The Hall–Kier alpha value is -2.01. The van der Waals surface area contributed by atoms with Crippen LogP contribution in [0.15, 0.2) is 35.9 Å². The Morgan fingerprint density at radius 3 is 2.45 bits per heavy atom. The second-order valence-corrected chi connectivity index (χ2v) is 5.73. The van der Waals surface area contributed by atoms with Crippen LogP contribution in [0.4, 0.5) is 0 Å². The molecule has 0 aliphatic rings. The van der Waals surface area contributed by atoms with Crippen LogP contribution >= 0.6 is 0 Å². The largest absolute Gasteiger partial charge is 0.462 e. The molecule has 2 nitrogen and oxygen atoms in total. The number of benzene rings is 1. The summed E-state index contributed by atoms with van der Waals surface area (Å²) in [7, 11) is 0. The quantitative estimate of drug-likeness (QED) is 0.460. The number of carbonyl (C=O) groups is 1. The fourth-order valence-corrected chi connectivity index (χ4v) is 1.61. The van der Waals surface area contributed by atoms with Gasteiger partial charge in [0.2, 0.25) is 0 Å². The lowest BCUT2D eigenvalue weighted by Gasteiger charge is -2.21. The predicted molar refractivity (Wildman–Crippen MR) is 82.8 cm³/mol. The molecule has 0 fully saturated rings. The molecule has 0 unspecified atom stereocenters. The van der Waals surface area contributed by atoms with Gasteiger partial charge in [0.15, 0.2) is 0 Å². The van der Waals surface area contributed by atoms with Gasteiger partial charge in [-0.15, -0.1) is 6.42 Å². The Morgan fingerprint density at radius 2 is 1.95 bits per heavy atom. The van der Waals surface area contributed by atoms with Gasteiger partial charge >= 0.3 is 5.97 Å². The van der Waals surface area contributed by atoms with Gasteiger partial charge < -0.3 is 4.74 Å². The van der Waals surface area contributed by atoms with E-state index < -0.39 is 5.41 Å². The van der Waals surface area contributed by atoms with Crippen LogP contribution < -0.4 is 0 Å². The maximum atomic E-state index is 12.3. The van der Waals surface area contributed by atoms with Crippen molar-refractivity contribution < 1.29 is 9.53 Å². The number of carbonyl (C=O) groups excluding carboxylic acids is 1. The van der Waals surface area contributed by atoms with Gasteiger partial charge in [-0.25, -0.2) is 4.79 Å². The molecule has 0 amide bonds. The summed E-state index contributed by atoms with van der Waals surface area (Å²) in [5.74, 6) is 2.62. The summed E-state index contributed by atoms with van der Waals surface area (Å²) in [6.07, 6.45) is 7.36. The second kappa shape index (κ2) is 6.96. The highest BCUT2D eigenvalue weighted by Gasteiger charge is 2.28. The van der Waals surface area contributed by atoms with Crippen molar-refractivity contribution in [1.82, 2.24) is 0 Å². The standard InChI is InChI=1S/C18H22O2/c1-6-18(4,5)16(17(19)20-13-14(2)3)12-15-10-8-7-9-11-15/h1,7-12,14H,13H2,2-5H3. The van der Waals surface area contributed by atoms with E-state index >= 15 is 0 Å². The Morgan fingerprint density at radius 1 is 1.35 bits per heavy atom. The van der Waals surface area contributed by atoms with Crippen LogP contribution in [0.2, 0.25) is 0 Å². The first-order chi connectivity index (χ1) is 9.36. The van der Waals surface area contributed by atoms with Gasteiger partial charge in [-0.3, -0.25) is 0 Å². The Kier molecular flexibility index (Phi) is 5.58. The summed E-state index contributed by atoms with van der Waals surface area (Å²) in [5.41, 5.74) is 0.781. The summed E-state index contributed by atoms with van der Waals surface area (Å²) < 4.78 is 5.32. The molecule has 0 radical (unpaired) electrons. The van der Waals surface area contributed by atoms with Crippen molar-refractivity contribution in [2.75, 3.05) is 6.61 Å². The zero-order valence-electron chi connectivity index (χ0n) is 12.6. The van der Waals surface area contributed by atoms with E-state index in [0.29, 0.717) is 18.1 Å². The van der Waals surface area contributed by atoms with Crippen LogP contribution in [-0.2, 0) is 9.53 Å². The van der Waals surface area contributed by atoms with E-state index in [2.05, 4.69) is 5.92 Å². The molecule has 0 saturated heterocycles. The van der Waals surface area contributed by atoms with Gasteiger partial charge in [-0.1, -0.05) is 50.1 Å². The van der Waals surface area contributed by atoms with Crippen molar-refractivity contribution in [3.8, 4) is 12.3 Å². The number of terminal acetylenes is 1. The van der Waals surface area contributed by atoms with Crippen molar-refractivity contribution in [2.24, 2.45) is 11.3 Å². The van der Waals surface area contributed by atoms with E-state index in [-0.39, 0.29) is 5.97 Å². The smallest absolute Gasteiger partial charge is 0.335 e. The van der Waals surface area contributed by atoms with Crippen LogP contribution in [0.5, 0.6) is 0 Å². The minimum absolute atomic E-state index is 0.297. The van der Waals surface area contributed by atoms with E-state index in [4.69, 9.17) is 11.2 Å². The summed E-state index contributed by atoms with van der Waals surface area (Å²) in [5, 5.41) is 0. The third-order valence-electron chi connectivity index (χ3n) is 2.91. The lowest BCUT2D eigenvalue weighted by Crippen LogP contribution is -2.23. The maximum Gasteiger partial charge on any atom is 0.335 e. The van der Waals surface area contributed by atoms with Crippen molar-refractivity contribution in [3.63, 3.8) is 0 Å². The molecule has 0 saturated carbocycles. The summed E-state index contributed by atoms with van der Waals surface area (Å²) in [6.45, 7) is 8.09. The monoisotopic (exact) mass is 270 g/mol. The molecule has 0 N–H and O–H groups in total. The highest BCUT2D eigenvalue weighted by atomic mass is 16.5. The summed E-state index contributed by atoms with van der Waals surface area (Å²) in [4.78, 5) is 12.3. The Labute approximate surface area is 121 Å². The van der Waals surface area contributed by atoms with Crippen LogP contribution in [0.3, 0.4) is 0 Å². The molecule has 1 aromatic carbocycles. The molecule has 106 valence electrons. The SMILES string of the molecule is C#CC(C)(C)C(=Cc1ccccc1)C(=O)OCC(C)C. The van der Waals surface area contributed by atoms with Crippen molar-refractivity contribution in [3.05, 3.63) is 41.5 Å². The van der Waals surface area contributed by atoms with Gasteiger partial charge in [-0.05, 0) is 31.4 Å². The van der Waals surface area contributed by atoms with Crippen LogP contribution in [0, 0.1) is 23.7 Å². The number of hydrogen-bond acceptors (Lipinski definition) is 2. The molecule has 0 aliphatic heterocycles. The third-order valence-corrected chi connectivity index (χ3v) is 2.91. The molecule has 0 aromatic heterocycles. The molecule has 1 aromatic rings. The van der Waals surface area contributed by atoms with Crippen LogP contribution in [0.1, 0.15) is 33.3 Å². The topological polar surface area (TPSA) is 26.3 Å². The van der Waals surface area contributed by atoms with Gasteiger partial charge in [0, 0.05) is 0 Å². The van der Waals surface area contributed by atoms with Crippen LogP contribution in [-0.4, -0.2) is 12.6 Å². The first kappa shape index (κ1) is 16.0. The average molecular weight is 270 g/mol. The molecule has 0 heterocycles. The van der Waals surface area contributed by atoms with E-state index in [0.717, 1.165) is 5.56 Å². The predicted octanol–water partition coefficient (Wildman–Crippen LogP) is 3.93. The fraction of sp³-hybridized carbons (Fsp3) is 0.389. The third kappa shape index (κ3) is 4.59. The molecule has 2 heteroatoms. The van der Waals surface area contributed by atoms with Gasteiger partial charge in [0.05, 0.1) is 17.6 Å². The van der Waals surface area contributed by atoms with E-state index in [1.165, 1.54) is 0 Å². The lowest BCUT2D eigenvalue weighted by molar-refractivity contribution is -0.140. The van der Waals surface area contributed by atoms with E-state index in [1.807, 2.05) is 64.1 Å². The Bertz CT molecular complexity index is 516. The van der Waals surface area contributed by atoms with E-state index in [1.54, 1.807) is 0 Å². The molecule has 1 rings (SSSR count). The molecule has 0 atom stereocenters. The number of ether oxygens (including phenoxy) is 1. The van der Waals surface area contributed by atoms with Crippen molar-refractivity contribution in [2.45, 2.75) is 27.7 Å². The van der Waals surface area contributed by atoms with E-state index in [9.17, 15) is 4.79 Å². The molecule has 0 spiro atoms. The molecule has 20 heavy (non-hydrogen) atoms. The van der Waals surface area contributed by atoms with Crippen molar-refractivity contribution >= 4 is 12.0 Å². The van der Waals surface area contributed by atoms with Gasteiger partial charge in [0.1, 0.15) is 0 Å². The fourth-order valence-electron chi connectivity index (χ4n) is 1.61. The van der Waals surface area contributed by atoms with Gasteiger partial charge in [-0.2, -0.15) is 0 Å². The molecular weight excluding hydrogens is 248 g/mol. The highest BCUT2D eigenvalue weighted by molar-refractivity contribution is 5.95. The van der Waals surface area contributed by atoms with Crippen LogP contribution in [0.25, 0.3) is 6.08 Å². The lowest BCUT2D eigenvalue weighted by atomic mass is 9.84. The first-order valence-electron chi connectivity index (χ1n) is 6.79. The number of hydrogen-bond donors (Lipinski definition) is 0. The summed E-state index contributed by atoms with van der Waals surface area (Å²) in [6, 6.07) is 9.64. The maximum absolute atomic E-state index is 12.3. The van der Waals surface area contributed by atoms with Crippen molar-refractivity contribution in [1.29, 1.82) is 0 Å². The normalized spacial score (nSPS) is 12.1. The average Bonchev–Trinajstić information content (AvgIpc) is 2.43. The summed E-state index contributed by atoms with van der Waals surface area (Å²) >= 11 is 0. The van der Waals surface area contributed by atoms with Gasteiger partial charge in [0.25, 0.3) is 0 Å².